The number of nitrogens with zero attached hydrogens (tertiary/aromatic N) is 2. The smallest absolute Gasteiger partial charge is 0.219 e. The molecule has 0 radical (unpaired) electrons. The molecule has 2 N–H and O–H groups in total. The van der Waals surface area contributed by atoms with Crippen molar-refractivity contribution in [2.75, 3.05) is 20.2 Å². The molecule has 2 aromatic rings. The molecule has 1 fully saturated rings. The maximum atomic E-state index is 13.2. The van der Waals surface area contributed by atoms with Crippen molar-refractivity contribution in [2.45, 2.75) is 25.5 Å². The molecule has 0 saturated carbocycles. The minimum Gasteiger partial charge on any atom is -0.439 e. The molecule has 6 nitrogen and oxygen atoms in total. The van der Waals surface area contributed by atoms with E-state index in [-0.39, 0.29) is 35.9 Å². The number of aromatic nitrogens is 1. The van der Waals surface area contributed by atoms with Crippen molar-refractivity contribution >= 4 is 29.9 Å². The standard InChI is InChI=1S/C19H23FN4O2.HI/c1-21-19(24-13-17-6-3-9-25-17)23-12-14-7-8-18(22-11-14)26-16-5-2-4-15(20)10-16;/h2,4-5,7-8,10-11,17H,3,6,9,12-13H2,1H3,(H2,21,23,24);1H. The summed E-state index contributed by atoms with van der Waals surface area (Å²) < 4.78 is 24.3. The first-order valence-electron chi connectivity index (χ1n) is 8.67. The Balaban J connectivity index is 0.00000261. The number of pyridine rings is 1. The summed E-state index contributed by atoms with van der Waals surface area (Å²) in [6, 6.07) is 9.63. The van der Waals surface area contributed by atoms with Crippen molar-refractivity contribution in [2.24, 2.45) is 4.99 Å². The predicted molar refractivity (Wildman–Crippen MR) is 113 cm³/mol. The van der Waals surface area contributed by atoms with Gasteiger partial charge >= 0.3 is 0 Å². The van der Waals surface area contributed by atoms with Gasteiger partial charge in [0.15, 0.2) is 5.96 Å². The van der Waals surface area contributed by atoms with E-state index in [0.29, 0.717) is 18.2 Å². The zero-order valence-electron chi connectivity index (χ0n) is 15.2. The Kier molecular flexibility index (Phi) is 8.73. The van der Waals surface area contributed by atoms with Gasteiger partial charge in [-0.25, -0.2) is 9.37 Å². The zero-order chi connectivity index (χ0) is 18.2. The molecule has 0 bridgehead atoms. The van der Waals surface area contributed by atoms with Gasteiger partial charge < -0.3 is 20.1 Å². The molecule has 146 valence electrons. The number of aliphatic imine (C=N–C) groups is 1. The van der Waals surface area contributed by atoms with Crippen LogP contribution in [-0.4, -0.2) is 37.2 Å². The Morgan fingerprint density at radius 3 is 2.89 bits per heavy atom. The monoisotopic (exact) mass is 486 g/mol. The number of ether oxygens (including phenoxy) is 2. The maximum absolute atomic E-state index is 13.2. The number of hydrogen-bond donors (Lipinski definition) is 2. The molecule has 1 unspecified atom stereocenters. The summed E-state index contributed by atoms with van der Waals surface area (Å²) >= 11 is 0. The molecule has 0 aliphatic carbocycles. The van der Waals surface area contributed by atoms with Gasteiger partial charge in [0, 0.05) is 45.1 Å². The summed E-state index contributed by atoms with van der Waals surface area (Å²) in [5.41, 5.74) is 0.983. The predicted octanol–water partition coefficient (Wildman–Crippen LogP) is 3.48. The lowest BCUT2D eigenvalue weighted by atomic mass is 10.2. The van der Waals surface area contributed by atoms with E-state index in [9.17, 15) is 4.39 Å². The molecule has 1 aliphatic heterocycles. The third kappa shape index (κ3) is 6.94. The maximum Gasteiger partial charge on any atom is 0.219 e. The molecule has 2 heterocycles. The normalized spacial score (nSPS) is 16.5. The summed E-state index contributed by atoms with van der Waals surface area (Å²) in [5.74, 6) is 1.22. The molecule has 1 saturated heterocycles. The SMILES string of the molecule is CN=C(NCc1ccc(Oc2cccc(F)c2)nc1)NCC1CCCO1.I. The lowest BCUT2D eigenvalue weighted by molar-refractivity contribution is 0.114. The number of benzene rings is 1. The lowest BCUT2D eigenvalue weighted by Gasteiger charge is -2.15. The largest absolute Gasteiger partial charge is 0.439 e. The van der Waals surface area contributed by atoms with Gasteiger partial charge in [-0.05, 0) is 30.5 Å². The van der Waals surface area contributed by atoms with Gasteiger partial charge in [-0.3, -0.25) is 4.99 Å². The van der Waals surface area contributed by atoms with E-state index in [1.807, 2.05) is 6.07 Å². The van der Waals surface area contributed by atoms with E-state index in [2.05, 4.69) is 20.6 Å². The molecule has 1 aromatic heterocycles. The van der Waals surface area contributed by atoms with Gasteiger partial charge in [-0.1, -0.05) is 12.1 Å². The van der Waals surface area contributed by atoms with Crippen LogP contribution in [0.4, 0.5) is 4.39 Å². The van der Waals surface area contributed by atoms with E-state index in [1.165, 1.54) is 12.1 Å². The topological polar surface area (TPSA) is 67.8 Å². The first-order chi connectivity index (χ1) is 12.7. The second-order valence-corrected chi connectivity index (χ2v) is 6.01. The summed E-state index contributed by atoms with van der Waals surface area (Å²) in [5, 5.41) is 6.50. The summed E-state index contributed by atoms with van der Waals surface area (Å²) in [4.78, 5) is 8.46. The minimum atomic E-state index is -0.342. The van der Waals surface area contributed by atoms with Crippen molar-refractivity contribution in [1.29, 1.82) is 0 Å². The van der Waals surface area contributed by atoms with Crippen LogP contribution in [0.3, 0.4) is 0 Å². The van der Waals surface area contributed by atoms with Crippen molar-refractivity contribution in [3.8, 4) is 11.6 Å². The van der Waals surface area contributed by atoms with E-state index in [1.54, 1.807) is 31.4 Å². The highest BCUT2D eigenvalue weighted by molar-refractivity contribution is 14.0. The fourth-order valence-electron chi connectivity index (χ4n) is 2.65. The van der Waals surface area contributed by atoms with Crippen molar-refractivity contribution < 1.29 is 13.9 Å². The zero-order valence-corrected chi connectivity index (χ0v) is 17.5. The van der Waals surface area contributed by atoms with Gasteiger partial charge in [-0.2, -0.15) is 0 Å². The quantitative estimate of drug-likeness (QED) is 0.372. The van der Waals surface area contributed by atoms with Crippen LogP contribution in [0.1, 0.15) is 18.4 Å². The Bertz CT molecular complexity index is 737. The fraction of sp³-hybridized carbons (Fsp3) is 0.368. The highest BCUT2D eigenvalue weighted by Crippen LogP contribution is 2.20. The number of guanidine groups is 1. The Hall–Kier alpha value is -1.94. The third-order valence-corrected chi connectivity index (χ3v) is 4.02. The van der Waals surface area contributed by atoms with Crippen LogP contribution >= 0.6 is 24.0 Å². The Labute approximate surface area is 175 Å². The van der Waals surface area contributed by atoms with E-state index < -0.39 is 0 Å². The van der Waals surface area contributed by atoms with E-state index >= 15 is 0 Å². The second kappa shape index (κ2) is 11.0. The molecule has 8 heteroatoms. The first-order valence-corrected chi connectivity index (χ1v) is 8.67. The van der Waals surface area contributed by atoms with Crippen molar-refractivity contribution in [1.82, 2.24) is 15.6 Å². The van der Waals surface area contributed by atoms with Gasteiger partial charge in [-0.15, -0.1) is 24.0 Å². The van der Waals surface area contributed by atoms with Crippen LogP contribution in [0.5, 0.6) is 11.6 Å². The molecule has 27 heavy (non-hydrogen) atoms. The summed E-state index contributed by atoms with van der Waals surface area (Å²) in [6.45, 7) is 2.17. The molecule has 0 spiro atoms. The molecule has 1 atom stereocenters. The summed E-state index contributed by atoms with van der Waals surface area (Å²) in [6.07, 6.45) is 4.18. The number of nitrogens with one attached hydrogen (secondary N) is 2. The van der Waals surface area contributed by atoms with Crippen LogP contribution in [0.2, 0.25) is 0 Å². The average Bonchev–Trinajstić information content (AvgIpc) is 3.17. The van der Waals surface area contributed by atoms with Crippen LogP contribution in [0.15, 0.2) is 47.6 Å². The average molecular weight is 486 g/mol. The molecular weight excluding hydrogens is 462 g/mol. The van der Waals surface area contributed by atoms with E-state index in [4.69, 9.17) is 9.47 Å². The first kappa shape index (κ1) is 21.4. The van der Waals surface area contributed by atoms with E-state index in [0.717, 1.165) is 37.5 Å². The number of halogens is 2. The van der Waals surface area contributed by atoms with Crippen LogP contribution < -0.4 is 15.4 Å². The highest BCUT2D eigenvalue weighted by atomic mass is 127. The number of hydrogen-bond acceptors (Lipinski definition) is 4. The highest BCUT2D eigenvalue weighted by Gasteiger charge is 2.15. The van der Waals surface area contributed by atoms with Gasteiger partial charge in [0.1, 0.15) is 11.6 Å². The molecule has 3 rings (SSSR count). The van der Waals surface area contributed by atoms with Crippen molar-refractivity contribution in [3.63, 3.8) is 0 Å². The van der Waals surface area contributed by atoms with Gasteiger partial charge in [0.05, 0.1) is 6.10 Å². The Morgan fingerprint density at radius 2 is 2.22 bits per heavy atom. The third-order valence-electron chi connectivity index (χ3n) is 4.02. The van der Waals surface area contributed by atoms with Gasteiger partial charge in [0.2, 0.25) is 5.88 Å². The molecular formula is C19H24FIN4O2. The molecule has 1 aromatic carbocycles. The number of rotatable bonds is 6. The van der Waals surface area contributed by atoms with Crippen LogP contribution in [0.25, 0.3) is 0 Å². The molecule has 0 amide bonds. The lowest BCUT2D eigenvalue weighted by Crippen LogP contribution is -2.40. The summed E-state index contributed by atoms with van der Waals surface area (Å²) in [7, 11) is 1.74. The Morgan fingerprint density at radius 1 is 1.33 bits per heavy atom. The molecule has 1 aliphatic rings. The fourth-order valence-corrected chi connectivity index (χ4v) is 2.65. The van der Waals surface area contributed by atoms with Crippen molar-refractivity contribution in [3.05, 3.63) is 54.0 Å². The van der Waals surface area contributed by atoms with Gasteiger partial charge in [0.25, 0.3) is 0 Å². The van der Waals surface area contributed by atoms with Crippen LogP contribution in [0, 0.1) is 5.82 Å². The second-order valence-electron chi connectivity index (χ2n) is 6.01. The van der Waals surface area contributed by atoms with Crippen LogP contribution in [-0.2, 0) is 11.3 Å². The minimum absolute atomic E-state index is 0.